The van der Waals surface area contributed by atoms with E-state index in [4.69, 9.17) is 15.5 Å². The van der Waals surface area contributed by atoms with E-state index in [1.54, 1.807) is 0 Å². The number of rotatable bonds is 8. The molecule has 0 saturated heterocycles. The lowest BCUT2D eigenvalue weighted by molar-refractivity contribution is 0.0994. The van der Waals surface area contributed by atoms with Crippen molar-refractivity contribution in [1.29, 1.82) is 0 Å². The van der Waals surface area contributed by atoms with Crippen LogP contribution in [0.25, 0.3) is 11.0 Å². The summed E-state index contributed by atoms with van der Waals surface area (Å²) in [5.74, 6) is 1.64. The van der Waals surface area contributed by atoms with Crippen LogP contribution in [0.2, 0.25) is 0 Å². The standard InChI is InChI=1S/C21H27N3O/c1-16(2)10-11-24-20-9-8-18(13-22)12-19(20)23-21(24)15-25-14-17-6-4-3-5-7-17/h3-9,12,16H,10-11,13-15,22H2,1-2H3. The minimum Gasteiger partial charge on any atom is -0.369 e. The number of benzene rings is 2. The van der Waals surface area contributed by atoms with Gasteiger partial charge in [0.1, 0.15) is 12.4 Å². The Hall–Kier alpha value is -2.17. The number of aryl methyl sites for hydroxylation is 1. The molecule has 4 heteroatoms. The van der Waals surface area contributed by atoms with Crippen molar-refractivity contribution in [1.82, 2.24) is 9.55 Å². The zero-order chi connectivity index (χ0) is 17.6. The Morgan fingerprint density at radius 2 is 1.84 bits per heavy atom. The first kappa shape index (κ1) is 17.6. The van der Waals surface area contributed by atoms with Gasteiger partial charge < -0.3 is 15.0 Å². The number of ether oxygens (including phenoxy) is 1. The zero-order valence-corrected chi connectivity index (χ0v) is 15.1. The highest BCUT2D eigenvalue weighted by atomic mass is 16.5. The van der Waals surface area contributed by atoms with E-state index in [0.29, 0.717) is 25.7 Å². The van der Waals surface area contributed by atoms with Crippen LogP contribution in [0.4, 0.5) is 0 Å². The van der Waals surface area contributed by atoms with Gasteiger partial charge in [0.05, 0.1) is 17.6 Å². The second kappa shape index (κ2) is 8.28. The number of hydrogen-bond donors (Lipinski definition) is 1. The molecule has 25 heavy (non-hydrogen) atoms. The number of aromatic nitrogens is 2. The van der Waals surface area contributed by atoms with Gasteiger partial charge in [0.2, 0.25) is 0 Å². The Labute approximate surface area is 149 Å². The van der Waals surface area contributed by atoms with E-state index in [9.17, 15) is 0 Å². The van der Waals surface area contributed by atoms with E-state index in [2.05, 4.69) is 48.7 Å². The number of imidazole rings is 1. The van der Waals surface area contributed by atoms with Crippen molar-refractivity contribution in [2.24, 2.45) is 11.7 Å². The van der Waals surface area contributed by atoms with Crippen molar-refractivity contribution in [3.63, 3.8) is 0 Å². The van der Waals surface area contributed by atoms with E-state index >= 15 is 0 Å². The van der Waals surface area contributed by atoms with Crippen LogP contribution in [-0.4, -0.2) is 9.55 Å². The molecule has 0 radical (unpaired) electrons. The first-order valence-electron chi connectivity index (χ1n) is 8.97. The van der Waals surface area contributed by atoms with Gasteiger partial charge in [0.25, 0.3) is 0 Å². The van der Waals surface area contributed by atoms with Gasteiger partial charge in [-0.15, -0.1) is 0 Å². The summed E-state index contributed by atoms with van der Waals surface area (Å²) in [6.07, 6.45) is 1.12. The maximum atomic E-state index is 5.93. The summed E-state index contributed by atoms with van der Waals surface area (Å²) in [6.45, 7) is 7.10. The van der Waals surface area contributed by atoms with Crippen LogP contribution in [0.1, 0.15) is 37.2 Å². The summed E-state index contributed by atoms with van der Waals surface area (Å²) in [6, 6.07) is 16.5. The van der Waals surface area contributed by atoms with Crippen molar-refractivity contribution < 1.29 is 4.74 Å². The summed E-state index contributed by atoms with van der Waals surface area (Å²) in [5.41, 5.74) is 10.2. The number of nitrogens with zero attached hydrogens (tertiary/aromatic N) is 2. The Morgan fingerprint density at radius 3 is 2.56 bits per heavy atom. The highest BCUT2D eigenvalue weighted by Crippen LogP contribution is 2.20. The van der Waals surface area contributed by atoms with Crippen molar-refractivity contribution in [2.45, 2.75) is 46.6 Å². The molecule has 0 amide bonds. The fraction of sp³-hybridized carbons (Fsp3) is 0.381. The highest BCUT2D eigenvalue weighted by molar-refractivity contribution is 5.77. The minimum absolute atomic E-state index is 0.514. The average molecular weight is 337 g/mol. The molecule has 0 aliphatic carbocycles. The summed E-state index contributed by atoms with van der Waals surface area (Å²) in [4.78, 5) is 4.81. The molecule has 0 spiro atoms. The quantitative estimate of drug-likeness (QED) is 0.668. The SMILES string of the molecule is CC(C)CCn1c(COCc2ccccc2)nc2cc(CN)ccc21. The minimum atomic E-state index is 0.514. The normalized spacial score (nSPS) is 11.5. The van der Waals surface area contributed by atoms with Crippen LogP contribution in [0, 0.1) is 5.92 Å². The molecule has 1 heterocycles. The fourth-order valence-electron chi connectivity index (χ4n) is 2.93. The van der Waals surface area contributed by atoms with E-state index in [1.807, 2.05) is 18.2 Å². The molecule has 2 aromatic carbocycles. The second-order valence-corrected chi connectivity index (χ2v) is 6.87. The molecular formula is C21H27N3O. The van der Waals surface area contributed by atoms with Gasteiger partial charge in [-0.2, -0.15) is 0 Å². The van der Waals surface area contributed by atoms with Gasteiger partial charge in [-0.05, 0) is 35.6 Å². The number of nitrogens with two attached hydrogens (primary N) is 1. The molecule has 0 atom stereocenters. The van der Waals surface area contributed by atoms with E-state index in [0.717, 1.165) is 35.4 Å². The predicted octanol–water partition coefficient (Wildman–Crippen LogP) is 4.26. The van der Waals surface area contributed by atoms with Crippen molar-refractivity contribution >= 4 is 11.0 Å². The van der Waals surface area contributed by atoms with Crippen LogP contribution in [0.3, 0.4) is 0 Å². The maximum Gasteiger partial charge on any atom is 0.136 e. The molecule has 2 N–H and O–H groups in total. The maximum absolute atomic E-state index is 5.93. The summed E-state index contributed by atoms with van der Waals surface area (Å²) in [5, 5.41) is 0. The van der Waals surface area contributed by atoms with Gasteiger partial charge >= 0.3 is 0 Å². The van der Waals surface area contributed by atoms with Gasteiger partial charge in [0, 0.05) is 13.1 Å². The van der Waals surface area contributed by atoms with Crippen molar-refractivity contribution in [3.05, 3.63) is 65.5 Å². The molecule has 0 bridgehead atoms. The summed E-state index contributed by atoms with van der Waals surface area (Å²) in [7, 11) is 0. The van der Waals surface area contributed by atoms with E-state index in [-0.39, 0.29) is 0 Å². The molecule has 4 nitrogen and oxygen atoms in total. The third-order valence-corrected chi connectivity index (χ3v) is 4.40. The van der Waals surface area contributed by atoms with Crippen LogP contribution in [0.15, 0.2) is 48.5 Å². The van der Waals surface area contributed by atoms with Crippen LogP contribution >= 0.6 is 0 Å². The van der Waals surface area contributed by atoms with Crippen LogP contribution in [-0.2, 0) is 31.0 Å². The Balaban J connectivity index is 1.80. The lowest BCUT2D eigenvalue weighted by Crippen LogP contribution is -2.08. The molecule has 0 aliphatic rings. The molecule has 1 aromatic heterocycles. The van der Waals surface area contributed by atoms with E-state index in [1.165, 1.54) is 5.56 Å². The Bertz CT molecular complexity index is 809. The largest absolute Gasteiger partial charge is 0.369 e. The molecule has 132 valence electrons. The first-order chi connectivity index (χ1) is 12.2. The van der Waals surface area contributed by atoms with Gasteiger partial charge in [-0.25, -0.2) is 4.98 Å². The third-order valence-electron chi connectivity index (χ3n) is 4.40. The molecule has 0 saturated carbocycles. The third kappa shape index (κ3) is 4.47. The van der Waals surface area contributed by atoms with Crippen molar-refractivity contribution in [2.75, 3.05) is 0 Å². The predicted molar refractivity (Wildman–Crippen MR) is 102 cm³/mol. The topological polar surface area (TPSA) is 53.1 Å². The van der Waals surface area contributed by atoms with Gasteiger partial charge in [-0.3, -0.25) is 0 Å². The molecule has 3 rings (SSSR count). The lowest BCUT2D eigenvalue weighted by atomic mass is 10.1. The Morgan fingerprint density at radius 1 is 1.04 bits per heavy atom. The fourth-order valence-corrected chi connectivity index (χ4v) is 2.93. The smallest absolute Gasteiger partial charge is 0.136 e. The zero-order valence-electron chi connectivity index (χ0n) is 15.1. The summed E-state index contributed by atoms with van der Waals surface area (Å²) < 4.78 is 8.22. The lowest BCUT2D eigenvalue weighted by Gasteiger charge is -2.11. The van der Waals surface area contributed by atoms with Gasteiger partial charge in [-0.1, -0.05) is 50.2 Å². The number of fused-ring (bicyclic) bond motifs is 1. The van der Waals surface area contributed by atoms with Crippen LogP contribution in [0.5, 0.6) is 0 Å². The second-order valence-electron chi connectivity index (χ2n) is 6.87. The number of hydrogen-bond acceptors (Lipinski definition) is 3. The molecule has 0 aliphatic heterocycles. The highest BCUT2D eigenvalue weighted by Gasteiger charge is 2.12. The Kier molecular flexibility index (Phi) is 5.84. The van der Waals surface area contributed by atoms with Crippen LogP contribution < -0.4 is 5.73 Å². The molecular weight excluding hydrogens is 310 g/mol. The molecule has 0 unspecified atom stereocenters. The monoisotopic (exact) mass is 337 g/mol. The molecule has 3 aromatic rings. The molecule has 0 fully saturated rings. The van der Waals surface area contributed by atoms with Gasteiger partial charge in [0.15, 0.2) is 0 Å². The average Bonchev–Trinajstić information content (AvgIpc) is 2.97. The first-order valence-corrected chi connectivity index (χ1v) is 8.97. The van der Waals surface area contributed by atoms with E-state index < -0.39 is 0 Å². The summed E-state index contributed by atoms with van der Waals surface area (Å²) >= 11 is 0. The van der Waals surface area contributed by atoms with Crippen molar-refractivity contribution in [3.8, 4) is 0 Å².